The first kappa shape index (κ1) is 23.5. The Labute approximate surface area is 194 Å². The molecule has 0 aliphatic rings. The first-order valence-electron chi connectivity index (χ1n) is 9.89. The van der Waals surface area contributed by atoms with E-state index in [0.717, 1.165) is 21.0 Å². The average molecular weight is 470 g/mol. The van der Waals surface area contributed by atoms with E-state index in [9.17, 15) is 14.4 Å². The molecule has 9 heteroatoms. The second kappa shape index (κ2) is 10.9. The summed E-state index contributed by atoms with van der Waals surface area (Å²) in [6.45, 7) is 4.02. The minimum absolute atomic E-state index is 0.0755. The number of rotatable bonds is 9. The molecule has 0 saturated heterocycles. The fraction of sp³-hybridized carbons (Fsp3) is 0.217. The highest BCUT2D eigenvalue weighted by Crippen LogP contribution is 2.30. The molecule has 0 fully saturated rings. The number of nitrogens with one attached hydrogen (secondary N) is 2. The Kier molecular flexibility index (Phi) is 8.02. The van der Waals surface area contributed by atoms with Gasteiger partial charge in [0.2, 0.25) is 11.8 Å². The van der Waals surface area contributed by atoms with E-state index in [0.29, 0.717) is 10.8 Å². The number of aliphatic carboxylic acids is 1. The molecule has 3 rings (SSSR count). The highest BCUT2D eigenvalue weighted by Gasteiger charge is 2.12. The molecule has 3 N–H and O–H groups in total. The minimum atomic E-state index is -1.01. The number of thioether (sulfide) groups is 1. The Bertz CT molecular complexity index is 1110. The van der Waals surface area contributed by atoms with Crippen LogP contribution in [0.2, 0.25) is 0 Å². The lowest BCUT2D eigenvalue weighted by molar-refractivity contribution is -0.138. The summed E-state index contributed by atoms with van der Waals surface area (Å²) in [5.41, 5.74) is 3.66. The summed E-state index contributed by atoms with van der Waals surface area (Å²) >= 11 is 2.82. The maximum Gasteiger partial charge on any atom is 0.303 e. The number of thiazole rings is 1. The van der Waals surface area contributed by atoms with Crippen LogP contribution in [0, 0.1) is 13.8 Å². The van der Waals surface area contributed by atoms with Gasteiger partial charge in [0.25, 0.3) is 0 Å². The SMILES string of the molecule is Cc1ccc(-c2nc(NC(=O)CSc3ccc(NC(=O)CCC(=O)O)cc3)sc2C)cc1. The molecular formula is C23H23N3O4S2. The molecule has 0 spiro atoms. The van der Waals surface area contributed by atoms with Gasteiger partial charge in [-0.05, 0) is 38.1 Å². The van der Waals surface area contributed by atoms with Gasteiger partial charge in [-0.15, -0.1) is 23.1 Å². The molecule has 0 atom stereocenters. The Morgan fingerprint density at radius 2 is 1.62 bits per heavy atom. The first-order chi connectivity index (χ1) is 15.3. The Morgan fingerprint density at radius 3 is 2.28 bits per heavy atom. The zero-order valence-electron chi connectivity index (χ0n) is 17.7. The van der Waals surface area contributed by atoms with Crippen LogP contribution in [0.25, 0.3) is 11.3 Å². The first-order valence-corrected chi connectivity index (χ1v) is 11.7. The van der Waals surface area contributed by atoms with Crippen molar-refractivity contribution in [3.8, 4) is 11.3 Å². The molecule has 2 amide bonds. The van der Waals surface area contributed by atoms with Gasteiger partial charge in [-0.1, -0.05) is 29.8 Å². The smallest absolute Gasteiger partial charge is 0.303 e. The Morgan fingerprint density at radius 1 is 0.938 bits per heavy atom. The second-order valence-electron chi connectivity index (χ2n) is 7.09. The van der Waals surface area contributed by atoms with E-state index >= 15 is 0 Å². The van der Waals surface area contributed by atoms with Crippen LogP contribution < -0.4 is 10.6 Å². The molecule has 0 unspecified atom stereocenters. The van der Waals surface area contributed by atoms with E-state index in [2.05, 4.69) is 15.6 Å². The van der Waals surface area contributed by atoms with Crippen molar-refractivity contribution in [1.82, 2.24) is 4.98 Å². The summed E-state index contributed by atoms with van der Waals surface area (Å²) in [4.78, 5) is 41.0. The minimum Gasteiger partial charge on any atom is -0.481 e. The van der Waals surface area contributed by atoms with Gasteiger partial charge < -0.3 is 15.7 Å². The van der Waals surface area contributed by atoms with Crippen LogP contribution in [-0.4, -0.2) is 33.6 Å². The maximum absolute atomic E-state index is 12.4. The van der Waals surface area contributed by atoms with Crippen molar-refractivity contribution < 1.29 is 19.5 Å². The number of amides is 2. The van der Waals surface area contributed by atoms with Gasteiger partial charge in [-0.3, -0.25) is 14.4 Å². The summed E-state index contributed by atoms with van der Waals surface area (Å²) in [5, 5.41) is 14.7. The van der Waals surface area contributed by atoms with Gasteiger partial charge in [-0.2, -0.15) is 0 Å². The second-order valence-corrected chi connectivity index (χ2v) is 9.34. The summed E-state index contributed by atoms with van der Waals surface area (Å²) in [6, 6.07) is 15.2. The van der Waals surface area contributed by atoms with Crippen molar-refractivity contribution in [3.63, 3.8) is 0 Å². The molecule has 0 aliphatic heterocycles. The number of carbonyl (C=O) groups is 3. The number of carboxylic acid groups (broad SMARTS) is 1. The third-order valence-electron chi connectivity index (χ3n) is 4.44. The van der Waals surface area contributed by atoms with E-state index < -0.39 is 5.97 Å². The molecule has 7 nitrogen and oxygen atoms in total. The van der Waals surface area contributed by atoms with Gasteiger partial charge in [0.15, 0.2) is 5.13 Å². The number of aromatic nitrogens is 1. The Balaban J connectivity index is 1.50. The number of hydrogen-bond acceptors (Lipinski definition) is 6. The largest absolute Gasteiger partial charge is 0.481 e. The molecule has 0 saturated carbocycles. The maximum atomic E-state index is 12.4. The van der Waals surface area contributed by atoms with Crippen molar-refractivity contribution in [3.05, 3.63) is 59.0 Å². The predicted octanol–water partition coefficient (Wildman–Crippen LogP) is 4.96. The molecule has 2 aromatic carbocycles. The fourth-order valence-electron chi connectivity index (χ4n) is 2.81. The van der Waals surface area contributed by atoms with E-state index in [1.54, 1.807) is 24.3 Å². The van der Waals surface area contributed by atoms with Crippen LogP contribution in [0.1, 0.15) is 23.3 Å². The lowest BCUT2D eigenvalue weighted by Crippen LogP contribution is -2.14. The molecule has 1 aromatic heterocycles. The summed E-state index contributed by atoms with van der Waals surface area (Å²) in [7, 11) is 0. The van der Waals surface area contributed by atoms with Gasteiger partial charge in [0.05, 0.1) is 17.9 Å². The lowest BCUT2D eigenvalue weighted by Gasteiger charge is -2.06. The van der Waals surface area contributed by atoms with E-state index in [4.69, 9.17) is 5.11 Å². The van der Waals surface area contributed by atoms with Crippen LogP contribution in [0.15, 0.2) is 53.4 Å². The van der Waals surface area contributed by atoms with Gasteiger partial charge in [0, 0.05) is 27.4 Å². The van der Waals surface area contributed by atoms with Gasteiger partial charge in [0.1, 0.15) is 0 Å². The Hall–Kier alpha value is -3.17. The van der Waals surface area contributed by atoms with Crippen molar-refractivity contribution >= 4 is 51.7 Å². The van der Waals surface area contributed by atoms with E-state index in [1.165, 1.54) is 28.7 Å². The molecule has 0 bridgehead atoms. The number of aryl methyl sites for hydroxylation is 2. The molecule has 3 aromatic rings. The standard InChI is InChI=1S/C23H23N3O4S2/c1-14-3-5-16(6-4-14)22-15(2)32-23(26-22)25-20(28)13-31-18-9-7-17(8-10-18)24-19(27)11-12-21(29)30/h3-10H,11-13H2,1-2H3,(H,24,27)(H,29,30)(H,25,26,28). The van der Waals surface area contributed by atoms with Gasteiger partial charge in [-0.25, -0.2) is 4.98 Å². The number of nitrogens with zero attached hydrogens (tertiary/aromatic N) is 1. The quantitative estimate of drug-likeness (QED) is 0.382. The van der Waals surface area contributed by atoms with Gasteiger partial charge >= 0.3 is 5.97 Å². The number of carboxylic acids is 1. The zero-order chi connectivity index (χ0) is 23.1. The zero-order valence-corrected chi connectivity index (χ0v) is 19.3. The molecule has 1 heterocycles. The van der Waals surface area contributed by atoms with E-state index in [-0.39, 0.29) is 30.4 Å². The third-order valence-corrected chi connectivity index (χ3v) is 6.34. The van der Waals surface area contributed by atoms with Crippen molar-refractivity contribution in [2.24, 2.45) is 0 Å². The monoisotopic (exact) mass is 469 g/mol. The van der Waals surface area contributed by atoms with Crippen LogP contribution >= 0.6 is 23.1 Å². The molecular weight excluding hydrogens is 446 g/mol. The molecule has 0 radical (unpaired) electrons. The topological polar surface area (TPSA) is 108 Å². The molecule has 166 valence electrons. The van der Waals surface area contributed by atoms with Crippen molar-refractivity contribution in [2.75, 3.05) is 16.4 Å². The normalized spacial score (nSPS) is 10.6. The molecule has 0 aliphatic carbocycles. The van der Waals surface area contributed by atoms with Crippen molar-refractivity contribution in [2.45, 2.75) is 31.6 Å². The fourth-order valence-corrected chi connectivity index (χ4v) is 4.36. The van der Waals surface area contributed by atoms with E-state index in [1.807, 2.05) is 38.1 Å². The number of carbonyl (C=O) groups excluding carboxylic acids is 2. The third kappa shape index (κ3) is 6.93. The lowest BCUT2D eigenvalue weighted by atomic mass is 10.1. The number of benzene rings is 2. The summed E-state index contributed by atoms with van der Waals surface area (Å²) in [5.74, 6) is -1.28. The predicted molar refractivity (Wildman–Crippen MR) is 128 cm³/mol. The number of anilines is 2. The van der Waals surface area contributed by atoms with Crippen LogP contribution in [0.3, 0.4) is 0 Å². The van der Waals surface area contributed by atoms with Crippen molar-refractivity contribution in [1.29, 1.82) is 0 Å². The summed E-state index contributed by atoms with van der Waals surface area (Å²) < 4.78 is 0. The van der Waals surface area contributed by atoms with Crippen LogP contribution in [-0.2, 0) is 14.4 Å². The van der Waals surface area contributed by atoms with Crippen LogP contribution in [0.4, 0.5) is 10.8 Å². The van der Waals surface area contributed by atoms with Crippen LogP contribution in [0.5, 0.6) is 0 Å². The molecule has 32 heavy (non-hydrogen) atoms. The highest BCUT2D eigenvalue weighted by molar-refractivity contribution is 8.00. The summed E-state index contributed by atoms with van der Waals surface area (Å²) in [6.07, 6.45) is -0.284. The number of hydrogen-bond donors (Lipinski definition) is 3. The average Bonchev–Trinajstić information content (AvgIpc) is 3.12. The highest BCUT2D eigenvalue weighted by atomic mass is 32.2.